The van der Waals surface area contributed by atoms with E-state index in [1.807, 2.05) is 25.1 Å². The molecule has 3 aromatic carbocycles. The number of nitrogens with one attached hydrogen (secondary N) is 1. The van der Waals surface area contributed by atoms with E-state index in [9.17, 15) is 14.7 Å². The molecule has 1 aromatic heterocycles. The van der Waals surface area contributed by atoms with Crippen molar-refractivity contribution in [1.82, 2.24) is 25.5 Å². The number of carbonyl (C=O) groups is 2. The molecule has 2 N–H and O–H groups in total. The summed E-state index contributed by atoms with van der Waals surface area (Å²) < 4.78 is 5.68. The number of ether oxygens (including phenoxy) is 1. The molecule has 1 aliphatic rings. The highest BCUT2D eigenvalue weighted by Crippen LogP contribution is 2.32. The van der Waals surface area contributed by atoms with E-state index >= 15 is 0 Å². The SMILES string of the molecule is Cc1ccccc1N(C(=O)Cn1nnc(-c2ccc(Cl)cc2)n1)C(C(=O)NCC1CCCO1)c1ccc(O)cc1. The number of benzene rings is 3. The van der Waals surface area contributed by atoms with Crippen LogP contribution in [-0.2, 0) is 20.9 Å². The molecular weight excluding hydrogens is 532 g/mol. The van der Waals surface area contributed by atoms with E-state index in [2.05, 4.69) is 20.7 Å². The van der Waals surface area contributed by atoms with Gasteiger partial charge in [0.05, 0.1) is 6.10 Å². The largest absolute Gasteiger partial charge is 0.508 e. The van der Waals surface area contributed by atoms with Crippen LogP contribution in [0.2, 0.25) is 5.02 Å². The van der Waals surface area contributed by atoms with E-state index in [0.717, 1.165) is 18.4 Å². The average molecular weight is 561 g/mol. The van der Waals surface area contributed by atoms with Gasteiger partial charge in [-0.25, -0.2) is 0 Å². The lowest BCUT2D eigenvalue weighted by molar-refractivity contribution is -0.127. The number of phenolic OH excluding ortho intramolecular Hbond substituents is 1. The minimum absolute atomic E-state index is 0.0533. The Hall–Kier alpha value is -4.28. The van der Waals surface area contributed by atoms with E-state index in [0.29, 0.717) is 40.8 Å². The highest BCUT2D eigenvalue weighted by atomic mass is 35.5. The standard InChI is InChI=1S/C29H29ClN6O4/c1-19-5-2-3-7-25(19)36(26(38)18-35-33-28(32-34-35)21-8-12-22(30)13-9-21)27(20-10-14-23(37)15-11-20)29(39)31-17-24-6-4-16-40-24/h2-3,5,7-15,24,27,37H,4,6,16-18H2,1H3,(H,31,39). The third-order valence-electron chi connectivity index (χ3n) is 6.72. The summed E-state index contributed by atoms with van der Waals surface area (Å²) in [6, 6.07) is 19.6. The van der Waals surface area contributed by atoms with Crippen molar-refractivity contribution in [3.05, 3.63) is 88.9 Å². The van der Waals surface area contributed by atoms with E-state index in [4.69, 9.17) is 16.3 Å². The number of phenols is 1. The van der Waals surface area contributed by atoms with E-state index in [1.54, 1.807) is 42.5 Å². The lowest BCUT2D eigenvalue weighted by Gasteiger charge is -2.32. The number of anilines is 1. The predicted molar refractivity (Wildman–Crippen MR) is 150 cm³/mol. The van der Waals surface area contributed by atoms with Crippen LogP contribution in [0, 0.1) is 6.92 Å². The summed E-state index contributed by atoms with van der Waals surface area (Å²) in [7, 11) is 0. The van der Waals surface area contributed by atoms with Crippen LogP contribution in [0.15, 0.2) is 72.8 Å². The lowest BCUT2D eigenvalue weighted by Crippen LogP contribution is -2.47. The first kappa shape index (κ1) is 27.3. The van der Waals surface area contributed by atoms with E-state index in [1.165, 1.54) is 21.8 Å². The minimum atomic E-state index is -1.03. The Morgan fingerprint density at radius 3 is 2.58 bits per heavy atom. The van der Waals surface area contributed by atoms with Gasteiger partial charge in [-0.3, -0.25) is 14.5 Å². The van der Waals surface area contributed by atoms with Crippen LogP contribution in [0.25, 0.3) is 11.4 Å². The summed E-state index contributed by atoms with van der Waals surface area (Å²) in [4.78, 5) is 30.5. The highest BCUT2D eigenvalue weighted by Gasteiger charge is 2.34. The molecule has 2 unspecified atom stereocenters. The fourth-order valence-electron chi connectivity index (χ4n) is 4.66. The Kier molecular flexibility index (Phi) is 8.37. The molecule has 2 atom stereocenters. The molecule has 11 heteroatoms. The number of aromatic nitrogens is 4. The van der Waals surface area contributed by atoms with Gasteiger partial charge in [0.25, 0.3) is 5.91 Å². The van der Waals surface area contributed by atoms with Gasteiger partial charge in [0, 0.05) is 29.4 Å². The molecule has 2 amide bonds. The van der Waals surface area contributed by atoms with Crippen molar-refractivity contribution in [2.75, 3.05) is 18.1 Å². The quantitative estimate of drug-likeness (QED) is 0.316. The first-order chi connectivity index (χ1) is 19.4. The van der Waals surface area contributed by atoms with Gasteiger partial charge in [0.2, 0.25) is 11.7 Å². The molecule has 0 saturated carbocycles. The van der Waals surface area contributed by atoms with Gasteiger partial charge in [-0.05, 0) is 78.6 Å². The van der Waals surface area contributed by atoms with Crippen molar-refractivity contribution in [3.8, 4) is 17.1 Å². The van der Waals surface area contributed by atoms with Gasteiger partial charge in [-0.2, -0.15) is 4.80 Å². The number of aryl methyl sites for hydroxylation is 1. The molecular formula is C29H29ClN6O4. The zero-order chi connectivity index (χ0) is 28.1. The predicted octanol–water partition coefficient (Wildman–Crippen LogP) is 4.08. The van der Waals surface area contributed by atoms with Gasteiger partial charge in [0.15, 0.2) is 0 Å². The van der Waals surface area contributed by atoms with Crippen LogP contribution in [0.1, 0.15) is 30.0 Å². The number of carbonyl (C=O) groups excluding carboxylic acids is 2. The maximum absolute atomic E-state index is 14.0. The molecule has 0 spiro atoms. The topological polar surface area (TPSA) is 122 Å². The zero-order valence-corrected chi connectivity index (χ0v) is 22.7. The van der Waals surface area contributed by atoms with Crippen molar-refractivity contribution in [3.63, 3.8) is 0 Å². The number of amides is 2. The summed E-state index contributed by atoms with van der Waals surface area (Å²) in [6.07, 6.45) is 1.73. The number of halogens is 1. The number of nitrogens with zero attached hydrogens (tertiary/aromatic N) is 5. The second-order valence-electron chi connectivity index (χ2n) is 9.57. The first-order valence-corrected chi connectivity index (χ1v) is 13.4. The summed E-state index contributed by atoms with van der Waals surface area (Å²) >= 11 is 5.99. The molecule has 1 saturated heterocycles. The normalized spacial score (nSPS) is 15.5. The molecule has 4 aromatic rings. The summed E-state index contributed by atoms with van der Waals surface area (Å²) in [5.41, 5.74) is 2.61. The summed E-state index contributed by atoms with van der Waals surface area (Å²) in [5, 5.41) is 26.0. The fraction of sp³-hybridized carbons (Fsp3) is 0.276. The Morgan fingerprint density at radius 2 is 1.88 bits per heavy atom. The second-order valence-corrected chi connectivity index (χ2v) is 10.0. The van der Waals surface area contributed by atoms with Gasteiger partial charge in [-0.1, -0.05) is 41.9 Å². The van der Waals surface area contributed by atoms with Crippen molar-refractivity contribution < 1.29 is 19.4 Å². The molecule has 0 radical (unpaired) electrons. The van der Waals surface area contributed by atoms with Crippen molar-refractivity contribution in [2.45, 2.75) is 38.5 Å². The molecule has 1 fully saturated rings. The number of para-hydroxylation sites is 1. The lowest BCUT2D eigenvalue weighted by atomic mass is 10.0. The van der Waals surface area contributed by atoms with Crippen LogP contribution in [0.5, 0.6) is 5.75 Å². The summed E-state index contributed by atoms with van der Waals surface area (Å²) in [5.74, 6) is -0.389. The molecule has 10 nitrogen and oxygen atoms in total. The van der Waals surface area contributed by atoms with Crippen LogP contribution in [-0.4, -0.2) is 56.4 Å². The van der Waals surface area contributed by atoms with E-state index < -0.39 is 11.9 Å². The van der Waals surface area contributed by atoms with Crippen molar-refractivity contribution >= 4 is 29.1 Å². The molecule has 206 valence electrons. The highest BCUT2D eigenvalue weighted by molar-refractivity contribution is 6.30. The Bertz CT molecular complexity index is 1470. The Labute approximate surface area is 236 Å². The number of tetrazole rings is 1. The maximum Gasteiger partial charge on any atom is 0.251 e. The molecule has 0 bridgehead atoms. The monoisotopic (exact) mass is 560 g/mol. The Balaban J connectivity index is 1.48. The van der Waals surface area contributed by atoms with Crippen LogP contribution in [0.3, 0.4) is 0 Å². The number of hydrogen-bond donors (Lipinski definition) is 2. The number of rotatable bonds is 9. The first-order valence-electron chi connectivity index (χ1n) is 13.0. The minimum Gasteiger partial charge on any atom is -0.508 e. The number of aromatic hydroxyl groups is 1. The van der Waals surface area contributed by atoms with Gasteiger partial charge < -0.3 is 15.2 Å². The van der Waals surface area contributed by atoms with E-state index in [-0.39, 0.29) is 24.3 Å². The molecule has 5 rings (SSSR count). The van der Waals surface area contributed by atoms with Crippen LogP contribution in [0.4, 0.5) is 5.69 Å². The summed E-state index contributed by atoms with van der Waals surface area (Å²) in [6.45, 7) is 2.61. The molecule has 1 aliphatic heterocycles. The maximum atomic E-state index is 14.0. The fourth-order valence-corrected chi connectivity index (χ4v) is 4.79. The van der Waals surface area contributed by atoms with Gasteiger partial charge in [-0.15, -0.1) is 10.2 Å². The average Bonchev–Trinajstić information content (AvgIpc) is 3.65. The Morgan fingerprint density at radius 1 is 1.12 bits per heavy atom. The van der Waals surface area contributed by atoms with Crippen molar-refractivity contribution in [1.29, 1.82) is 0 Å². The molecule has 2 heterocycles. The third kappa shape index (κ3) is 6.30. The smallest absolute Gasteiger partial charge is 0.251 e. The zero-order valence-electron chi connectivity index (χ0n) is 21.9. The third-order valence-corrected chi connectivity index (χ3v) is 6.97. The van der Waals surface area contributed by atoms with Crippen LogP contribution >= 0.6 is 11.6 Å². The van der Waals surface area contributed by atoms with Crippen LogP contribution < -0.4 is 10.2 Å². The van der Waals surface area contributed by atoms with Crippen molar-refractivity contribution in [2.24, 2.45) is 0 Å². The second kappa shape index (κ2) is 12.3. The molecule has 0 aliphatic carbocycles. The van der Waals surface area contributed by atoms with Gasteiger partial charge in [0.1, 0.15) is 18.3 Å². The number of hydrogen-bond acceptors (Lipinski definition) is 7. The molecule has 40 heavy (non-hydrogen) atoms. The van der Waals surface area contributed by atoms with Gasteiger partial charge >= 0.3 is 0 Å².